The maximum Gasteiger partial charge on any atom is 0.0732 e. The first-order valence-corrected chi connectivity index (χ1v) is 6.12. The van der Waals surface area contributed by atoms with Gasteiger partial charge in [-0.3, -0.25) is 0 Å². The molecule has 0 fully saturated rings. The van der Waals surface area contributed by atoms with Crippen LogP contribution < -0.4 is 5.73 Å². The van der Waals surface area contributed by atoms with Gasteiger partial charge in [-0.2, -0.15) is 0 Å². The molecule has 0 aliphatic carbocycles. The predicted molar refractivity (Wildman–Crippen MR) is 74.2 cm³/mol. The van der Waals surface area contributed by atoms with E-state index in [9.17, 15) is 5.11 Å². The molecule has 1 aromatic rings. The van der Waals surface area contributed by atoms with Crippen molar-refractivity contribution in [3.05, 3.63) is 33.3 Å². The van der Waals surface area contributed by atoms with Crippen molar-refractivity contribution in [2.75, 3.05) is 0 Å². The van der Waals surface area contributed by atoms with E-state index in [-0.39, 0.29) is 18.4 Å². The fourth-order valence-corrected chi connectivity index (χ4v) is 1.93. The predicted octanol–water partition coefficient (Wildman–Crippen LogP) is 3.69. The van der Waals surface area contributed by atoms with Crippen molar-refractivity contribution in [2.24, 2.45) is 5.73 Å². The lowest BCUT2D eigenvalue weighted by Gasteiger charge is -2.19. The van der Waals surface area contributed by atoms with E-state index >= 15 is 0 Å². The van der Waals surface area contributed by atoms with E-state index in [0.717, 1.165) is 16.5 Å². The highest BCUT2D eigenvalue weighted by Crippen LogP contribution is 2.27. The summed E-state index contributed by atoms with van der Waals surface area (Å²) in [5.74, 6) is 0. The Morgan fingerprint density at radius 2 is 2.12 bits per heavy atom. The topological polar surface area (TPSA) is 46.2 Å². The van der Waals surface area contributed by atoms with Crippen LogP contribution in [0.3, 0.4) is 0 Å². The highest BCUT2D eigenvalue weighted by atomic mass is 79.9. The molecule has 3 N–H and O–H groups in total. The quantitative estimate of drug-likeness (QED) is 0.885. The van der Waals surface area contributed by atoms with Gasteiger partial charge in [-0.15, -0.1) is 12.4 Å². The van der Waals surface area contributed by atoms with Crippen molar-refractivity contribution in [2.45, 2.75) is 31.9 Å². The minimum atomic E-state index is -0.497. The normalized spacial score (nSPS) is 14.1. The largest absolute Gasteiger partial charge is 0.391 e. The maximum atomic E-state index is 9.76. The molecule has 2 nitrogen and oxygen atoms in total. The standard InChI is InChI=1S/C11H15BrClNO.ClH/c1-2-3-10(15)11(14)7-4-5-9(13)8(12)6-7;/h4-6,10-11,15H,2-3,14H2,1H3;1H/t10-,11+;/m1./s1. The molecular formula is C11H16BrCl2NO. The highest BCUT2D eigenvalue weighted by Gasteiger charge is 2.16. The average molecular weight is 329 g/mol. The third-order valence-electron chi connectivity index (χ3n) is 2.33. The second kappa shape index (κ2) is 7.51. The first-order valence-electron chi connectivity index (χ1n) is 4.94. The molecule has 5 heteroatoms. The number of aliphatic hydroxyl groups excluding tert-OH is 1. The minimum absolute atomic E-state index is 0. The maximum absolute atomic E-state index is 9.76. The summed E-state index contributed by atoms with van der Waals surface area (Å²) >= 11 is 9.21. The van der Waals surface area contributed by atoms with Crippen molar-refractivity contribution < 1.29 is 5.11 Å². The monoisotopic (exact) mass is 327 g/mol. The van der Waals surface area contributed by atoms with Crippen molar-refractivity contribution >= 4 is 39.9 Å². The van der Waals surface area contributed by atoms with Gasteiger partial charge in [0.2, 0.25) is 0 Å². The first-order chi connectivity index (χ1) is 7.06. The molecule has 0 aliphatic rings. The zero-order valence-electron chi connectivity index (χ0n) is 8.99. The molecule has 1 rings (SSSR count). The Labute approximate surface area is 116 Å². The molecule has 0 bridgehead atoms. The van der Waals surface area contributed by atoms with Crippen molar-refractivity contribution in [1.82, 2.24) is 0 Å². The molecule has 92 valence electrons. The summed E-state index contributed by atoms with van der Waals surface area (Å²) in [6.45, 7) is 2.02. The molecule has 0 heterocycles. The van der Waals surface area contributed by atoms with Gasteiger partial charge in [0.1, 0.15) is 0 Å². The van der Waals surface area contributed by atoms with E-state index in [2.05, 4.69) is 15.9 Å². The Kier molecular flexibility index (Phi) is 7.61. The molecule has 0 radical (unpaired) electrons. The lowest BCUT2D eigenvalue weighted by Crippen LogP contribution is -2.25. The molecule has 0 amide bonds. The lowest BCUT2D eigenvalue weighted by atomic mass is 9.99. The summed E-state index contributed by atoms with van der Waals surface area (Å²) in [6.07, 6.45) is 1.13. The van der Waals surface area contributed by atoms with Gasteiger partial charge in [0.15, 0.2) is 0 Å². The second-order valence-corrected chi connectivity index (χ2v) is 4.82. The SMILES string of the molecule is CCC[C@@H](O)[C@@H](N)c1ccc(Cl)c(Br)c1.Cl. The van der Waals surface area contributed by atoms with E-state index in [1.165, 1.54) is 0 Å². The van der Waals surface area contributed by atoms with Crippen LogP contribution in [0.1, 0.15) is 31.4 Å². The van der Waals surface area contributed by atoms with Crippen LogP contribution >= 0.6 is 39.9 Å². The molecular weight excluding hydrogens is 313 g/mol. The Morgan fingerprint density at radius 3 is 2.62 bits per heavy atom. The zero-order chi connectivity index (χ0) is 11.4. The molecule has 2 atom stereocenters. The van der Waals surface area contributed by atoms with Crippen molar-refractivity contribution in [3.8, 4) is 0 Å². The van der Waals surface area contributed by atoms with Crippen LogP contribution in [-0.2, 0) is 0 Å². The Morgan fingerprint density at radius 1 is 1.50 bits per heavy atom. The van der Waals surface area contributed by atoms with Crippen LogP contribution in [0.25, 0.3) is 0 Å². The van der Waals surface area contributed by atoms with Gasteiger partial charge >= 0.3 is 0 Å². The van der Waals surface area contributed by atoms with Crippen molar-refractivity contribution in [3.63, 3.8) is 0 Å². The van der Waals surface area contributed by atoms with Gasteiger partial charge in [-0.1, -0.05) is 31.0 Å². The van der Waals surface area contributed by atoms with E-state index < -0.39 is 6.10 Å². The van der Waals surface area contributed by atoms with Gasteiger partial charge in [0.05, 0.1) is 17.2 Å². The van der Waals surface area contributed by atoms with Gasteiger partial charge < -0.3 is 10.8 Å². The first kappa shape index (κ1) is 16.2. The highest BCUT2D eigenvalue weighted by molar-refractivity contribution is 9.10. The fourth-order valence-electron chi connectivity index (χ4n) is 1.42. The second-order valence-electron chi connectivity index (χ2n) is 3.56. The van der Waals surface area contributed by atoms with E-state index in [1.54, 1.807) is 6.07 Å². The summed E-state index contributed by atoms with van der Waals surface area (Å²) < 4.78 is 0.806. The third-order valence-corrected chi connectivity index (χ3v) is 3.54. The molecule has 0 saturated carbocycles. The van der Waals surface area contributed by atoms with Crippen LogP contribution in [-0.4, -0.2) is 11.2 Å². The summed E-state index contributed by atoms with van der Waals surface area (Å²) in [7, 11) is 0. The van der Waals surface area contributed by atoms with Crippen LogP contribution in [0.15, 0.2) is 22.7 Å². The zero-order valence-corrected chi connectivity index (χ0v) is 12.1. The Hall–Kier alpha value is 0.200. The smallest absolute Gasteiger partial charge is 0.0732 e. The minimum Gasteiger partial charge on any atom is -0.391 e. The van der Waals surface area contributed by atoms with Crippen LogP contribution in [0.5, 0.6) is 0 Å². The molecule has 0 aliphatic heterocycles. The van der Waals surface area contributed by atoms with E-state index in [1.807, 2.05) is 19.1 Å². The lowest BCUT2D eigenvalue weighted by molar-refractivity contribution is 0.134. The summed E-state index contributed by atoms with van der Waals surface area (Å²) in [5.41, 5.74) is 6.83. The summed E-state index contributed by atoms with van der Waals surface area (Å²) in [4.78, 5) is 0. The van der Waals surface area contributed by atoms with Crippen molar-refractivity contribution in [1.29, 1.82) is 0 Å². The van der Waals surface area contributed by atoms with Gasteiger partial charge in [0, 0.05) is 4.47 Å². The number of hydrogen-bond acceptors (Lipinski definition) is 2. The number of halogens is 3. The fraction of sp³-hybridized carbons (Fsp3) is 0.455. The molecule has 16 heavy (non-hydrogen) atoms. The number of nitrogens with two attached hydrogens (primary N) is 1. The molecule has 1 aromatic carbocycles. The molecule has 0 aromatic heterocycles. The summed E-state index contributed by atoms with van der Waals surface area (Å²) in [5, 5.41) is 10.4. The van der Waals surface area contributed by atoms with Crippen LogP contribution in [0.2, 0.25) is 5.02 Å². The number of aliphatic hydroxyl groups is 1. The van der Waals surface area contributed by atoms with Gasteiger partial charge in [-0.05, 0) is 40.0 Å². The molecule has 0 saturated heterocycles. The number of benzene rings is 1. The number of rotatable bonds is 4. The third kappa shape index (κ3) is 4.22. The Bertz CT molecular complexity index is 336. The molecule has 0 unspecified atom stereocenters. The average Bonchev–Trinajstić information content (AvgIpc) is 2.21. The summed E-state index contributed by atoms with van der Waals surface area (Å²) in [6, 6.07) is 5.13. The van der Waals surface area contributed by atoms with E-state index in [4.69, 9.17) is 17.3 Å². The van der Waals surface area contributed by atoms with Gasteiger partial charge in [-0.25, -0.2) is 0 Å². The van der Waals surface area contributed by atoms with Crippen LogP contribution in [0, 0.1) is 0 Å². The van der Waals surface area contributed by atoms with E-state index in [0.29, 0.717) is 11.4 Å². The Balaban J connectivity index is 0.00000225. The van der Waals surface area contributed by atoms with Gasteiger partial charge in [0.25, 0.3) is 0 Å². The molecule has 0 spiro atoms. The number of hydrogen-bond donors (Lipinski definition) is 2. The van der Waals surface area contributed by atoms with Crippen LogP contribution in [0.4, 0.5) is 0 Å².